The minimum Gasteiger partial charge on any atom is -0.480 e. The van der Waals surface area contributed by atoms with E-state index in [2.05, 4.69) is 10.6 Å². The van der Waals surface area contributed by atoms with Crippen LogP contribution in [0.1, 0.15) is 15.9 Å². The lowest BCUT2D eigenvalue weighted by atomic mass is 10.1. The van der Waals surface area contributed by atoms with E-state index in [9.17, 15) is 9.59 Å². The van der Waals surface area contributed by atoms with E-state index in [0.29, 0.717) is 30.8 Å². The van der Waals surface area contributed by atoms with E-state index < -0.39 is 6.10 Å². The molecule has 0 spiro atoms. The van der Waals surface area contributed by atoms with E-state index in [0.717, 1.165) is 24.4 Å². The Balaban J connectivity index is 0.00000210. The molecular weight excluding hydrogens is 366 g/mol. The van der Waals surface area contributed by atoms with Crippen LogP contribution in [0.15, 0.2) is 48.5 Å². The lowest BCUT2D eigenvalue weighted by Crippen LogP contribution is -2.46. The van der Waals surface area contributed by atoms with Crippen molar-refractivity contribution >= 4 is 29.9 Å². The molecule has 0 radical (unpaired) electrons. The van der Waals surface area contributed by atoms with Gasteiger partial charge >= 0.3 is 0 Å². The molecule has 4 rings (SSSR count). The maximum absolute atomic E-state index is 12.6. The fourth-order valence-electron chi connectivity index (χ4n) is 3.33. The Morgan fingerprint density at radius 2 is 1.85 bits per heavy atom. The molecule has 2 aliphatic heterocycles. The molecule has 2 aromatic carbocycles. The summed E-state index contributed by atoms with van der Waals surface area (Å²) in [5.41, 5.74) is 2.23. The highest BCUT2D eigenvalue weighted by Gasteiger charge is 2.29. The summed E-state index contributed by atoms with van der Waals surface area (Å²) in [7, 11) is 0. The molecule has 2 N–H and O–H groups in total. The second-order valence-electron chi connectivity index (χ2n) is 6.53. The van der Waals surface area contributed by atoms with Gasteiger partial charge < -0.3 is 20.3 Å². The zero-order chi connectivity index (χ0) is 17.9. The number of anilines is 1. The molecule has 2 amide bonds. The van der Waals surface area contributed by atoms with E-state index in [-0.39, 0.29) is 24.2 Å². The highest BCUT2D eigenvalue weighted by atomic mass is 35.5. The molecule has 0 saturated carbocycles. The predicted octanol–water partition coefficient (Wildman–Crippen LogP) is 2.10. The number of nitrogens with one attached hydrogen (secondary N) is 2. The standard InChI is InChI=1S/C20H21N3O3.ClH/c24-19(18-13-14-4-1-2-7-17(14)26-18)22-16-6-3-5-15(12-16)20(25)23-10-8-21-9-11-23;/h1-7,12,18,21H,8-11,13H2,(H,22,24);1H. The summed E-state index contributed by atoms with van der Waals surface area (Å²) in [6.45, 7) is 3.01. The Hall–Kier alpha value is -2.57. The summed E-state index contributed by atoms with van der Waals surface area (Å²) >= 11 is 0. The van der Waals surface area contributed by atoms with Crippen molar-refractivity contribution < 1.29 is 14.3 Å². The van der Waals surface area contributed by atoms with Gasteiger partial charge in [-0.1, -0.05) is 24.3 Å². The molecule has 2 aromatic rings. The molecule has 0 bridgehead atoms. The van der Waals surface area contributed by atoms with E-state index in [1.165, 1.54) is 0 Å². The van der Waals surface area contributed by atoms with Gasteiger partial charge in [0.15, 0.2) is 6.10 Å². The third-order valence-corrected chi connectivity index (χ3v) is 4.72. The zero-order valence-corrected chi connectivity index (χ0v) is 15.6. The molecule has 0 aliphatic carbocycles. The van der Waals surface area contributed by atoms with Crippen LogP contribution < -0.4 is 15.4 Å². The van der Waals surface area contributed by atoms with Gasteiger partial charge in [0.2, 0.25) is 0 Å². The van der Waals surface area contributed by atoms with Gasteiger partial charge in [-0.15, -0.1) is 12.4 Å². The number of hydrogen-bond acceptors (Lipinski definition) is 4. The molecule has 2 aliphatic rings. The molecule has 1 fully saturated rings. The number of amides is 2. The molecule has 0 aromatic heterocycles. The Morgan fingerprint density at radius 3 is 2.63 bits per heavy atom. The van der Waals surface area contributed by atoms with Gasteiger partial charge in [0.05, 0.1) is 0 Å². The lowest BCUT2D eigenvalue weighted by molar-refractivity contribution is -0.122. The van der Waals surface area contributed by atoms with Crippen LogP contribution in [0.4, 0.5) is 5.69 Å². The smallest absolute Gasteiger partial charge is 0.265 e. The fraction of sp³-hybridized carbons (Fsp3) is 0.300. The molecular formula is C20H22ClN3O3. The molecule has 1 unspecified atom stereocenters. The number of ether oxygens (including phenoxy) is 1. The van der Waals surface area contributed by atoms with Crippen LogP contribution in [-0.4, -0.2) is 49.0 Å². The summed E-state index contributed by atoms with van der Waals surface area (Å²) in [4.78, 5) is 27.0. The van der Waals surface area contributed by atoms with Crippen molar-refractivity contribution in [1.82, 2.24) is 10.2 Å². The summed E-state index contributed by atoms with van der Waals surface area (Å²) in [6.07, 6.45) is 0.0152. The maximum Gasteiger partial charge on any atom is 0.265 e. The Kier molecular flexibility index (Phi) is 5.98. The molecule has 7 heteroatoms. The predicted molar refractivity (Wildman–Crippen MR) is 106 cm³/mol. The van der Waals surface area contributed by atoms with Crippen molar-refractivity contribution in [3.63, 3.8) is 0 Å². The van der Waals surface area contributed by atoms with Crippen LogP contribution in [0, 0.1) is 0 Å². The number of fused-ring (bicyclic) bond motifs is 1. The topological polar surface area (TPSA) is 70.7 Å². The van der Waals surface area contributed by atoms with Gasteiger partial charge in [-0.25, -0.2) is 0 Å². The summed E-state index contributed by atoms with van der Waals surface area (Å²) in [5.74, 6) is 0.551. The molecule has 1 saturated heterocycles. The number of halogens is 1. The first-order valence-electron chi connectivity index (χ1n) is 8.86. The molecule has 142 valence electrons. The number of carbonyl (C=O) groups is 2. The van der Waals surface area contributed by atoms with Gasteiger partial charge in [-0.2, -0.15) is 0 Å². The van der Waals surface area contributed by atoms with Gasteiger partial charge in [0.1, 0.15) is 5.75 Å². The van der Waals surface area contributed by atoms with Crippen molar-refractivity contribution in [2.24, 2.45) is 0 Å². The van der Waals surface area contributed by atoms with Crippen LogP contribution >= 0.6 is 12.4 Å². The highest BCUT2D eigenvalue weighted by Crippen LogP contribution is 2.28. The van der Waals surface area contributed by atoms with E-state index in [1.54, 1.807) is 24.3 Å². The Bertz CT molecular complexity index is 812. The number of nitrogens with zero attached hydrogens (tertiary/aromatic N) is 1. The first-order chi connectivity index (χ1) is 12.7. The van der Waals surface area contributed by atoms with Gasteiger partial charge in [0.25, 0.3) is 11.8 Å². The Labute approximate surface area is 164 Å². The van der Waals surface area contributed by atoms with E-state index in [1.807, 2.05) is 29.2 Å². The van der Waals surface area contributed by atoms with Crippen molar-refractivity contribution in [1.29, 1.82) is 0 Å². The van der Waals surface area contributed by atoms with Crippen LogP contribution in [0.25, 0.3) is 0 Å². The molecule has 27 heavy (non-hydrogen) atoms. The average Bonchev–Trinajstić information content (AvgIpc) is 3.13. The van der Waals surface area contributed by atoms with Crippen molar-refractivity contribution in [3.8, 4) is 5.75 Å². The number of para-hydroxylation sites is 1. The summed E-state index contributed by atoms with van der Waals surface area (Å²) in [5, 5.41) is 6.10. The largest absolute Gasteiger partial charge is 0.480 e. The van der Waals surface area contributed by atoms with Crippen molar-refractivity contribution in [2.45, 2.75) is 12.5 Å². The molecule has 6 nitrogen and oxygen atoms in total. The van der Waals surface area contributed by atoms with E-state index in [4.69, 9.17) is 4.74 Å². The van der Waals surface area contributed by atoms with E-state index >= 15 is 0 Å². The van der Waals surface area contributed by atoms with Gasteiger partial charge in [-0.05, 0) is 29.8 Å². The SMILES string of the molecule is Cl.O=C(Nc1cccc(C(=O)N2CCNCC2)c1)C1Cc2ccccc2O1. The second kappa shape index (κ2) is 8.41. The van der Waals surface area contributed by atoms with Crippen LogP contribution in [0.5, 0.6) is 5.75 Å². The van der Waals surface area contributed by atoms with Crippen LogP contribution in [0.3, 0.4) is 0 Å². The average molecular weight is 388 g/mol. The monoisotopic (exact) mass is 387 g/mol. The van der Waals surface area contributed by atoms with Crippen molar-refractivity contribution in [3.05, 3.63) is 59.7 Å². The molecule has 2 heterocycles. The number of piperazine rings is 1. The van der Waals surface area contributed by atoms with Crippen LogP contribution in [-0.2, 0) is 11.2 Å². The zero-order valence-electron chi connectivity index (χ0n) is 14.8. The number of hydrogen-bond donors (Lipinski definition) is 2. The summed E-state index contributed by atoms with van der Waals surface area (Å²) in [6, 6.07) is 14.7. The number of rotatable bonds is 3. The first kappa shape index (κ1) is 19.2. The highest BCUT2D eigenvalue weighted by molar-refractivity contribution is 5.98. The van der Waals surface area contributed by atoms with Crippen LogP contribution in [0.2, 0.25) is 0 Å². The third-order valence-electron chi connectivity index (χ3n) is 4.72. The normalized spacial score (nSPS) is 18.1. The summed E-state index contributed by atoms with van der Waals surface area (Å²) < 4.78 is 5.72. The third kappa shape index (κ3) is 4.23. The number of benzene rings is 2. The minimum atomic E-state index is -0.542. The minimum absolute atomic E-state index is 0. The van der Waals surface area contributed by atoms with Crippen molar-refractivity contribution in [2.75, 3.05) is 31.5 Å². The quantitative estimate of drug-likeness (QED) is 0.846. The Morgan fingerprint density at radius 1 is 1.07 bits per heavy atom. The van der Waals surface area contributed by atoms with Gasteiger partial charge in [-0.3, -0.25) is 9.59 Å². The lowest BCUT2D eigenvalue weighted by Gasteiger charge is -2.27. The second-order valence-corrected chi connectivity index (χ2v) is 6.53. The molecule has 1 atom stereocenters. The first-order valence-corrected chi connectivity index (χ1v) is 8.86. The number of carbonyl (C=O) groups excluding carboxylic acids is 2. The fourth-order valence-corrected chi connectivity index (χ4v) is 3.33. The van der Waals surface area contributed by atoms with Gasteiger partial charge in [0, 0.05) is 43.9 Å². The maximum atomic E-state index is 12.6.